The zero-order valence-corrected chi connectivity index (χ0v) is 7.68. The first kappa shape index (κ1) is 9.87. The van der Waals surface area contributed by atoms with Crippen molar-refractivity contribution in [3.05, 3.63) is 0 Å². The Balaban J connectivity index is 3.32. The Morgan fingerprint density at radius 2 is 1.78 bits per heavy atom. The molecule has 0 aliphatic carbocycles. The van der Waals surface area contributed by atoms with E-state index in [9.17, 15) is 0 Å². The van der Waals surface area contributed by atoms with Crippen LogP contribution >= 0.6 is 34.8 Å². The van der Waals surface area contributed by atoms with Crippen LogP contribution in [-0.2, 0) is 0 Å². The maximum absolute atomic E-state index is 5.82. The van der Waals surface area contributed by atoms with Crippen molar-refractivity contribution >= 4 is 34.8 Å². The van der Waals surface area contributed by atoms with Crippen molar-refractivity contribution in [2.75, 3.05) is 5.88 Å². The number of hydrogen-bond acceptors (Lipinski definition) is 0. The van der Waals surface area contributed by atoms with Crippen molar-refractivity contribution in [1.29, 1.82) is 0 Å². The highest BCUT2D eigenvalue weighted by Crippen LogP contribution is 2.16. The molecular weight excluding hydrogens is 178 g/mol. The highest BCUT2D eigenvalue weighted by molar-refractivity contribution is 6.30. The van der Waals surface area contributed by atoms with Crippen molar-refractivity contribution in [2.45, 2.75) is 30.5 Å². The summed E-state index contributed by atoms with van der Waals surface area (Å²) in [5.74, 6) is 0.595. The Hall–Kier alpha value is 0.870. The fourth-order valence-corrected chi connectivity index (χ4v) is 1.30. The van der Waals surface area contributed by atoms with E-state index in [4.69, 9.17) is 34.8 Å². The van der Waals surface area contributed by atoms with Crippen LogP contribution in [0.2, 0.25) is 0 Å². The minimum Gasteiger partial charge on any atom is -0.127 e. The van der Waals surface area contributed by atoms with Gasteiger partial charge in [-0.25, -0.2) is 0 Å². The zero-order valence-electron chi connectivity index (χ0n) is 5.41. The molecule has 0 heterocycles. The molecule has 2 unspecified atom stereocenters. The van der Waals surface area contributed by atoms with Crippen LogP contribution in [0.25, 0.3) is 0 Å². The third kappa shape index (κ3) is 4.30. The molecule has 2 atom stereocenters. The molecule has 9 heavy (non-hydrogen) atoms. The van der Waals surface area contributed by atoms with E-state index >= 15 is 0 Å². The predicted molar refractivity (Wildman–Crippen MR) is 44.9 cm³/mol. The van der Waals surface area contributed by atoms with E-state index in [2.05, 4.69) is 0 Å². The van der Waals surface area contributed by atoms with Crippen molar-refractivity contribution in [3.8, 4) is 0 Å². The van der Waals surface area contributed by atoms with Gasteiger partial charge in [0.05, 0.1) is 5.38 Å². The minimum atomic E-state index is 0.0363. The van der Waals surface area contributed by atoms with Gasteiger partial charge in [-0.1, -0.05) is 6.92 Å². The van der Waals surface area contributed by atoms with Crippen molar-refractivity contribution < 1.29 is 0 Å². The van der Waals surface area contributed by atoms with Crippen LogP contribution in [0.3, 0.4) is 0 Å². The standard InChI is InChI=1S/C6H11Cl3/c1-2-5(8)6(9)3-4-7/h5-6H,2-4H2,1H3. The Morgan fingerprint density at radius 1 is 1.22 bits per heavy atom. The molecule has 0 saturated heterocycles. The van der Waals surface area contributed by atoms with Crippen molar-refractivity contribution in [1.82, 2.24) is 0 Å². The van der Waals surface area contributed by atoms with Crippen LogP contribution in [0.5, 0.6) is 0 Å². The summed E-state index contributed by atoms with van der Waals surface area (Å²) in [5, 5.41) is 0.111. The van der Waals surface area contributed by atoms with Gasteiger partial charge in [0, 0.05) is 11.3 Å². The molecule has 0 amide bonds. The molecule has 0 aromatic carbocycles. The molecule has 0 nitrogen and oxygen atoms in total. The summed E-state index contributed by atoms with van der Waals surface area (Å²) >= 11 is 17.1. The Kier molecular flexibility index (Phi) is 6.18. The molecule has 0 aromatic rings. The van der Waals surface area contributed by atoms with Gasteiger partial charge in [0.1, 0.15) is 0 Å². The van der Waals surface area contributed by atoms with Gasteiger partial charge < -0.3 is 0 Å². The van der Waals surface area contributed by atoms with Gasteiger partial charge in [-0.15, -0.1) is 34.8 Å². The van der Waals surface area contributed by atoms with Crippen LogP contribution in [0.15, 0.2) is 0 Å². The maximum Gasteiger partial charge on any atom is 0.0510 e. The normalized spacial score (nSPS) is 17.3. The lowest BCUT2D eigenvalue weighted by atomic mass is 10.2. The first-order chi connectivity index (χ1) is 4.22. The number of halogens is 3. The molecule has 0 rings (SSSR count). The summed E-state index contributed by atoms with van der Waals surface area (Å²) in [5.41, 5.74) is 0. The summed E-state index contributed by atoms with van der Waals surface area (Å²) < 4.78 is 0. The van der Waals surface area contributed by atoms with E-state index in [-0.39, 0.29) is 10.8 Å². The molecule has 0 aliphatic rings. The highest BCUT2D eigenvalue weighted by Gasteiger charge is 2.12. The molecule has 0 bridgehead atoms. The number of alkyl halides is 3. The third-order valence-corrected chi connectivity index (χ3v) is 2.65. The van der Waals surface area contributed by atoms with E-state index in [1.165, 1.54) is 0 Å². The summed E-state index contributed by atoms with van der Waals surface area (Å²) in [6.45, 7) is 2.02. The van der Waals surface area contributed by atoms with Gasteiger partial charge in [0.15, 0.2) is 0 Å². The molecule has 56 valence electrons. The minimum absolute atomic E-state index is 0.0363. The number of hydrogen-bond donors (Lipinski definition) is 0. The Morgan fingerprint density at radius 3 is 2.11 bits per heavy atom. The largest absolute Gasteiger partial charge is 0.127 e. The molecule has 0 spiro atoms. The second kappa shape index (κ2) is 5.64. The van der Waals surface area contributed by atoms with Crippen molar-refractivity contribution in [2.24, 2.45) is 0 Å². The third-order valence-electron chi connectivity index (χ3n) is 1.17. The quantitative estimate of drug-likeness (QED) is 0.596. The lowest BCUT2D eigenvalue weighted by Gasteiger charge is -2.11. The van der Waals surface area contributed by atoms with Gasteiger partial charge in [-0.05, 0) is 12.8 Å². The average molecular weight is 190 g/mol. The van der Waals surface area contributed by atoms with Gasteiger partial charge in [-0.2, -0.15) is 0 Å². The Bertz CT molecular complexity index is 65.3. The van der Waals surface area contributed by atoms with Crippen molar-refractivity contribution in [3.63, 3.8) is 0 Å². The fraction of sp³-hybridized carbons (Fsp3) is 1.00. The molecule has 0 aliphatic heterocycles. The average Bonchev–Trinajstić information content (AvgIpc) is 1.87. The topological polar surface area (TPSA) is 0 Å². The summed E-state index contributed by atoms with van der Waals surface area (Å²) in [7, 11) is 0. The van der Waals surface area contributed by atoms with Crippen LogP contribution in [0.1, 0.15) is 19.8 Å². The Labute approximate surface area is 71.5 Å². The molecule has 3 heteroatoms. The van der Waals surface area contributed by atoms with Gasteiger partial charge in [0.2, 0.25) is 0 Å². The van der Waals surface area contributed by atoms with E-state index in [0.717, 1.165) is 12.8 Å². The first-order valence-corrected chi connectivity index (χ1v) is 4.47. The second-order valence-electron chi connectivity index (χ2n) is 1.92. The predicted octanol–water partition coefficient (Wildman–Crippen LogP) is 3.24. The van der Waals surface area contributed by atoms with Crippen LogP contribution in [0, 0.1) is 0 Å². The first-order valence-electron chi connectivity index (χ1n) is 3.06. The van der Waals surface area contributed by atoms with E-state index in [1.807, 2.05) is 6.92 Å². The van der Waals surface area contributed by atoms with E-state index < -0.39 is 0 Å². The second-order valence-corrected chi connectivity index (χ2v) is 3.42. The van der Waals surface area contributed by atoms with Crippen LogP contribution < -0.4 is 0 Å². The van der Waals surface area contributed by atoms with Gasteiger partial charge in [0.25, 0.3) is 0 Å². The zero-order chi connectivity index (χ0) is 7.28. The van der Waals surface area contributed by atoms with Crippen LogP contribution in [0.4, 0.5) is 0 Å². The van der Waals surface area contributed by atoms with Gasteiger partial charge in [-0.3, -0.25) is 0 Å². The smallest absolute Gasteiger partial charge is 0.0510 e. The molecule has 0 saturated carbocycles. The monoisotopic (exact) mass is 188 g/mol. The van der Waals surface area contributed by atoms with E-state index in [1.54, 1.807) is 0 Å². The van der Waals surface area contributed by atoms with Crippen LogP contribution in [-0.4, -0.2) is 16.6 Å². The highest BCUT2D eigenvalue weighted by atomic mass is 35.5. The maximum atomic E-state index is 5.82. The molecule has 0 N–H and O–H groups in total. The molecule has 0 fully saturated rings. The fourth-order valence-electron chi connectivity index (χ4n) is 0.541. The summed E-state index contributed by atoms with van der Waals surface area (Å²) in [6.07, 6.45) is 1.71. The lowest BCUT2D eigenvalue weighted by molar-refractivity contribution is 0.723. The SMILES string of the molecule is CCC(Cl)C(Cl)CCCl. The summed E-state index contributed by atoms with van der Waals surface area (Å²) in [4.78, 5) is 0. The number of rotatable bonds is 4. The van der Waals surface area contributed by atoms with E-state index in [0.29, 0.717) is 5.88 Å². The van der Waals surface area contributed by atoms with Gasteiger partial charge >= 0.3 is 0 Å². The molecular formula is C6H11Cl3. The molecule has 0 aromatic heterocycles. The summed E-state index contributed by atoms with van der Waals surface area (Å²) in [6, 6.07) is 0. The molecule has 0 radical (unpaired) electrons. The lowest BCUT2D eigenvalue weighted by Crippen LogP contribution is -2.13.